The molecule has 5 heterocycles. The summed E-state index contributed by atoms with van der Waals surface area (Å²) in [5.41, 5.74) is 1.09. The van der Waals surface area contributed by atoms with Gasteiger partial charge in [-0.25, -0.2) is 4.98 Å². The van der Waals surface area contributed by atoms with Gasteiger partial charge in [0.15, 0.2) is 35.0 Å². The molecule has 2 aliphatic carbocycles. The minimum Gasteiger partial charge on any atom is -0.507 e. The molecule has 4 aliphatic heterocycles. The summed E-state index contributed by atoms with van der Waals surface area (Å²) in [5.74, 6) is -1.06. The third kappa shape index (κ3) is 10.1. The summed E-state index contributed by atoms with van der Waals surface area (Å²) in [7, 11) is 6.39. The van der Waals surface area contributed by atoms with Crippen molar-refractivity contribution in [3.8, 4) is 28.7 Å². The minimum absolute atomic E-state index is 0.0948. The molecule has 7 N–H and O–H groups in total. The number of benzene rings is 3. The van der Waals surface area contributed by atoms with Gasteiger partial charge in [0.2, 0.25) is 5.75 Å². The summed E-state index contributed by atoms with van der Waals surface area (Å²) in [6.45, 7) is 8.09. The summed E-state index contributed by atoms with van der Waals surface area (Å²) >= 11 is 6.92. The molecule has 2 saturated heterocycles. The quantitative estimate of drug-likeness (QED) is 0.0802. The standard InChI is InChI=1S/C53H64ClN3O17/c1-22(2)69-36-16-26-15-34(58)31(17-28(26)46(66-8)48(36)67-9)51(64)56-33-19-39(59)68-21-38(73-52-45(62)44(61)42(57(6)7)23(3)71-52)25-10-11-27-29(14-25)30-18-37(72-35-13-12-32(33)55-50(35)54)47(41(30)43(27)60)74-40-20-53(5,65)49(63)24(4)70-40/h10-17,22-24,33,37-38,40,42-45,47,49,52,58,60-63,65H,18-21H2,1-9H3,(H,56,64)/t23-,24-,33+,37-,38+,40-,42+,43-,44+,45+,47+,49-,52-,53+/m0/s1. The van der Waals surface area contributed by atoms with Crippen LogP contribution in [0.4, 0.5) is 0 Å². The van der Waals surface area contributed by atoms with E-state index in [1.165, 1.54) is 45.4 Å². The van der Waals surface area contributed by atoms with E-state index in [2.05, 4.69) is 10.3 Å². The van der Waals surface area contributed by atoms with Crippen LogP contribution in [0.3, 0.4) is 0 Å². The lowest BCUT2D eigenvalue weighted by molar-refractivity contribution is -0.297. The molecule has 14 atom stereocenters. The summed E-state index contributed by atoms with van der Waals surface area (Å²) in [5, 5.41) is 71.6. The third-order valence-corrected chi connectivity index (χ3v) is 14.7. The Hall–Kier alpha value is -5.36. The number of methoxy groups -OCH3 is 2. The number of amides is 1. The van der Waals surface area contributed by atoms with E-state index in [1.54, 1.807) is 57.1 Å². The summed E-state index contributed by atoms with van der Waals surface area (Å²) in [6.07, 6.45) is -12.7. The molecule has 400 valence electrons. The molecule has 0 saturated carbocycles. The number of halogens is 1. The van der Waals surface area contributed by atoms with Gasteiger partial charge in [-0.2, -0.15) is 0 Å². The number of nitrogens with zero attached hydrogens (tertiary/aromatic N) is 2. The predicted molar refractivity (Wildman–Crippen MR) is 265 cm³/mol. The monoisotopic (exact) mass is 1050 g/mol. The molecule has 3 aromatic carbocycles. The Balaban J connectivity index is 1.10. The number of likely N-dealkylation sites (N-methyl/N-ethyl adjacent to an activating group) is 1. The number of rotatable bonds is 11. The van der Waals surface area contributed by atoms with Crippen molar-refractivity contribution >= 4 is 39.8 Å². The van der Waals surface area contributed by atoms with E-state index in [1.807, 2.05) is 13.8 Å². The number of aromatic hydroxyl groups is 1. The van der Waals surface area contributed by atoms with Crippen LogP contribution in [0.1, 0.15) is 105 Å². The molecule has 20 nitrogen and oxygen atoms in total. The SMILES string of the molecule is COc1c(OC(C)C)cc2cc(O)c(C(=O)N[C@@H]3CC(=O)OC[C@@H](O[C@@H]4O[C@@H](C)[C@@H](N(C)C)[C@@H](O)[C@H]4O)c4ccc5c(c4)C4=C([C@H]5O)[C@H](O[C@H]5C[C@@](C)(O)[C@@H](O)[C@H](C)O5)[C@H](C4)Oc4ccc3nc4Cl)cc2c1OC. The van der Waals surface area contributed by atoms with Crippen LogP contribution in [0.2, 0.25) is 5.15 Å². The van der Waals surface area contributed by atoms with Gasteiger partial charge < -0.3 is 83.5 Å². The van der Waals surface area contributed by atoms with Gasteiger partial charge in [0, 0.05) is 18.2 Å². The van der Waals surface area contributed by atoms with Gasteiger partial charge in [0.25, 0.3) is 5.91 Å². The maximum Gasteiger partial charge on any atom is 0.308 e. The van der Waals surface area contributed by atoms with Gasteiger partial charge in [-0.15, -0.1) is 0 Å². The lowest BCUT2D eigenvalue weighted by Gasteiger charge is -2.44. The highest BCUT2D eigenvalue weighted by Gasteiger charge is 2.51. The predicted octanol–water partition coefficient (Wildman–Crippen LogP) is 4.55. The van der Waals surface area contributed by atoms with E-state index in [-0.39, 0.29) is 52.6 Å². The van der Waals surface area contributed by atoms with E-state index < -0.39 is 116 Å². The Morgan fingerprint density at radius 1 is 0.946 bits per heavy atom. The van der Waals surface area contributed by atoms with Crippen molar-refractivity contribution in [2.45, 2.75) is 145 Å². The maximum atomic E-state index is 14.4. The molecule has 1 amide bonds. The zero-order valence-electron chi connectivity index (χ0n) is 42.5. The Kier molecular flexibility index (Phi) is 15.2. The number of phenolic OH excluding ortho intramolecular Hbond substituents is 1. The van der Waals surface area contributed by atoms with Gasteiger partial charge in [0.1, 0.15) is 55.1 Å². The summed E-state index contributed by atoms with van der Waals surface area (Å²) in [4.78, 5) is 34.9. The zero-order valence-corrected chi connectivity index (χ0v) is 43.2. The first-order valence-electron chi connectivity index (χ1n) is 24.6. The van der Waals surface area contributed by atoms with Gasteiger partial charge >= 0.3 is 5.97 Å². The number of hydrogen-bond acceptors (Lipinski definition) is 19. The molecule has 0 unspecified atom stereocenters. The van der Waals surface area contributed by atoms with Crippen LogP contribution in [0, 0.1) is 0 Å². The molecule has 10 rings (SSSR count). The molecule has 74 heavy (non-hydrogen) atoms. The first kappa shape index (κ1) is 53.5. The first-order chi connectivity index (χ1) is 35.1. The van der Waals surface area contributed by atoms with Crippen LogP contribution in [0.25, 0.3) is 16.3 Å². The number of aromatic nitrogens is 1. The highest BCUT2D eigenvalue weighted by molar-refractivity contribution is 6.30. The van der Waals surface area contributed by atoms with Crippen LogP contribution < -0.4 is 24.3 Å². The van der Waals surface area contributed by atoms with Crippen molar-refractivity contribution in [3.05, 3.63) is 87.2 Å². The third-order valence-electron chi connectivity index (χ3n) is 14.5. The minimum atomic E-state index is -1.57. The van der Waals surface area contributed by atoms with E-state index in [4.69, 9.17) is 54.2 Å². The molecule has 0 radical (unpaired) electrons. The average molecular weight is 1050 g/mol. The van der Waals surface area contributed by atoms with Crippen molar-refractivity contribution in [1.29, 1.82) is 0 Å². The number of ether oxygens (including phenoxy) is 9. The molecule has 1 aromatic heterocycles. The number of hydrogen-bond donors (Lipinski definition) is 7. The van der Waals surface area contributed by atoms with Crippen LogP contribution in [-0.4, -0.2) is 160 Å². The highest BCUT2D eigenvalue weighted by Crippen LogP contribution is 2.53. The molecule has 21 heteroatoms. The molecule has 0 spiro atoms. The van der Waals surface area contributed by atoms with E-state index in [9.17, 15) is 40.2 Å². The molecule has 6 bridgehead atoms. The smallest absolute Gasteiger partial charge is 0.308 e. The Labute approximate surface area is 432 Å². The first-order valence-corrected chi connectivity index (χ1v) is 24.9. The largest absolute Gasteiger partial charge is 0.507 e. The number of fused-ring (bicyclic) bond motifs is 8. The fraction of sp³-hybridized carbons (Fsp3) is 0.528. The fourth-order valence-electron chi connectivity index (χ4n) is 10.9. The van der Waals surface area contributed by atoms with Crippen molar-refractivity contribution in [2.75, 3.05) is 34.9 Å². The van der Waals surface area contributed by atoms with Gasteiger partial charge in [-0.3, -0.25) is 9.59 Å². The van der Waals surface area contributed by atoms with Crippen LogP contribution >= 0.6 is 11.6 Å². The Morgan fingerprint density at radius 2 is 1.69 bits per heavy atom. The second-order valence-corrected chi connectivity index (χ2v) is 20.6. The number of carbonyl (C=O) groups excluding carboxylic acids is 2. The number of esters is 1. The lowest BCUT2D eigenvalue weighted by atomic mass is 9.89. The maximum absolute atomic E-state index is 14.4. The lowest BCUT2D eigenvalue weighted by Crippen LogP contribution is -2.62. The van der Waals surface area contributed by atoms with Crippen LogP contribution in [-0.2, 0) is 28.5 Å². The second-order valence-electron chi connectivity index (χ2n) is 20.3. The zero-order chi connectivity index (χ0) is 53.2. The normalized spacial score (nSPS) is 32.0. The molecule has 2 fully saturated rings. The van der Waals surface area contributed by atoms with E-state index in [0.29, 0.717) is 44.4 Å². The van der Waals surface area contributed by atoms with E-state index in [0.717, 1.165) is 0 Å². The van der Waals surface area contributed by atoms with Gasteiger partial charge in [0.05, 0.1) is 67.9 Å². The highest BCUT2D eigenvalue weighted by atomic mass is 35.5. The number of phenols is 1. The van der Waals surface area contributed by atoms with E-state index >= 15 is 0 Å². The van der Waals surface area contributed by atoms with Gasteiger partial charge in [-0.1, -0.05) is 23.7 Å². The fourth-order valence-corrected chi connectivity index (χ4v) is 11.1. The number of pyridine rings is 1. The van der Waals surface area contributed by atoms with Crippen LogP contribution in [0.15, 0.2) is 54.1 Å². The Morgan fingerprint density at radius 3 is 2.36 bits per heavy atom. The van der Waals surface area contributed by atoms with Crippen molar-refractivity contribution in [2.24, 2.45) is 0 Å². The van der Waals surface area contributed by atoms with Crippen molar-refractivity contribution in [3.63, 3.8) is 0 Å². The number of aliphatic hydroxyl groups excluding tert-OH is 4. The molecular weight excluding hydrogens is 986 g/mol. The van der Waals surface area contributed by atoms with Crippen molar-refractivity contribution in [1.82, 2.24) is 15.2 Å². The molecule has 6 aliphatic rings. The molecule has 4 aromatic rings. The van der Waals surface area contributed by atoms with Gasteiger partial charge in [-0.05, 0) is 118 Å². The average Bonchev–Trinajstić information content (AvgIpc) is 3.82. The van der Waals surface area contributed by atoms with Crippen molar-refractivity contribution < 1.29 is 82.9 Å². The number of aliphatic hydroxyl groups is 5. The second kappa shape index (κ2) is 21.0. The van der Waals surface area contributed by atoms with Crippen LogP contribution in [0.5, 0.6) is 28.7 Å². The summed E-state index contributed by atoms with van der Waals surface area (Å²) in [6, 6.07) is 10.9. The topological polar surface area (TPSA) is 267 Å². The Bertz CT molecular complexity index is 2820. The summed E-state index contributed by atoms with van der Waals surface area (Å²) < 4.78 is 55.3. The molecular formula is C53H64ClN3O17. The number of nitrogens with one attached hydrogen (secondary N) is 1. The number of carbonyl (C=O) groups is 2.